The van der Waals surface area contributed by atoms with Crippen LogP contribution in [0.15, 0.2) is 73.3 Å². The molecule has 0 aliphatic carbocycles. The molecule has 2 atom stereocenters. The molecule has 174 valence electrons. The van der Waals surface area contributed by atoms with Gasteiger partial charge in [0.05, 0.1) is 28.6 Å². The zero-order valence-electron chi connectivity index (χ0n) is 19.5. The molecule has 2 aromatic carbocycles. The first kappa shape index (κ1) is 23.2. The standard InChI is InChI=1S/C27H33N3O3/c1-4-27(3,31)20-29(18-24-16-11-17-32-24)19-25-21(2)28-30(22-12-7-5-8-13-22)26(25)33-23-14-9-6-10-15-23/h4-10,12-15,24,31H,1,11,16-20H2,2-3H3/t24-,27-/m0/s1. The minimum absolute atomic E-state index is 0.161. The van der Waals surface area contributed by atoms with Crippen LogP contribution < -0.4 is 4.74 Å². The largest absolute Gasteiger partial charge is 0.439 e. The molecule has 33 heavy (non-hydrogen) atoms. The van der Waals surface area contributed by atoms with Gasteiger partial charge in [0.2, 0.25) is 5.88 Å². The second kappa shape index (κ2) is 10.3. The average Bonchev–Trinajstić information content (AvgIpc) is 3.43. The van der Waals surface area contributed by atoms with Crippen LogP contribution in [0.25, 0.3) is 5.69 Å². The number of rotatable bonds is 10. The van der Waals surface area contributed by atoms with Crippen LogP contribution in [-0.2, 0) is 11.3 Å². The van der Waals surface area contributed by atoms with E-state index in [0.717, 1.165) is 48.7 Å². The molecule has 1 fully saturated rings. The third kappa shape index (κ3) is 5.90. The van der Waals surface area contributed by atoms with Crippen LogP contribution in [-0.4, -0.2) is 51.2 Å². The van der Waals surface area contributed by atoms with Crippen LogP contribution in [0.4, 0.5) is 0 Å². The lowest BCUT2D eigenvalue weighted by molar-refractivity contribution is 0.0239. The summed E-state index contributed by atoms with van der Waals surface area (Å²) in [5.41, 5.74) is 1.80. The fraction of sp³-hybridized carbons (Fsp3) is 0.370. The highest BCUT2D eigenvalue weighted by atomic mass is 16.5. The van der Waals surface area contributed by atoms with Crippen LogP contribution in [0.5, 0.6) is 11.6 Å². The van der Waals surface area contributed by atoms with Gasteiger partial charge in [0.1, 0.15) is 5.75 Å². The molecule has 1 aliphatic rings. The summed E-state index contributed by atoms with van der Waals surface area (Å²) in [7, 11) is 0. The lowest BCUT2D eigenvalue weighted by Crippen LogP contribution is -2.42. The van der Waals surface area contributed by atoms with Crippen molar-refractivity contribution in [3.63, 3.8) is 0 Å². The van der Waals surface area contributed by atoms with E-state index in [4.69, 9.17) is 14.6 Å². The van der Waals surface area contributed by atoms with E-state index >= 15 is 0 Å². The van der Waals surface area contributed by atoms with Crippen molar-refractivity contribution in [2.45, 2.75) is 44.9 Å². The molecule has 0 spiro atoms. The molecule has 1 aromatic heterocycles. The van der Waals surface area contributed by atoms with Crippen molar-refractivity contribution in [2.24, 2.45) is 0 Å². The lowest BCUT2D eigenvalue weighted by atomic mass is 10.1. The van der Waals surface area contributed by atoms with Gasteiger partial charge in [-0.25, -0.2) is 4.68 Å². The SMILES string of the molecule is C=C[C@](C)(O)CN(Cc1c(C)nn(-c2ccccc2)c1Oc1ccccc1)C[C@@H]1CCCO1. The summed E-state index contributed by atoms with van der Waals surface area (Å²) in [6.07, 6.45) is 3.86. The number of nitrogens with zero attached hydrogens (tertiary/aromatic N) is 3. The zero-order chi connectivity index (χ0) is 23.3. The van der Waals surface area contributed by atoms with Crippen molar-refractivity contribution in [2.75, 3.05) is 19.7 Å². The maximum Gasteiger partial charge on any atom is 0.227 e. The Labute approximate surface area is 196 Å². The molecule has 2 heterocycles. The molecule has 0 amide bonds. The number of ether oxygens (including phenoxy) is 2. The van der Waals surface area contributed by atoms with E-state index in [1.807, 2.05) is 72.3 Å². The summed E-state index contributed by atoms with van der Waals surface area (Å²) in [4.78, 5) is 2.22. The Balaban J connectivity index is 1.70. The van der Waals surface area contributed by atoms with E-state index in [-0.39, 0.29) is 6.10 Å². The molecular weight excluding hydrogens is 414 g/mol. The highest BCUT2D eigenvalue weighted by Crippen LogP contribution is 2.32. The first-order valence-electron chi connectivity index (χ1n) is 11.5. The molecule has 6 heteroatoms. The molecule has 6 nitrogen and oxygen atoms in total. The summed E-state index contributed by atoms with van der Waals surface area (Å²) in [6.45, 7) is 10.1. The molecular formula is C27H33N3O3. The number of para-hydroxylation sites is 2. The maximum absolute atomic E-state index is 10.7. The first-order valence-corrected chi connectivity index (χ1v) is 11.5. The van der Waals surface area contributed by atoms with Gasteiger partial charge < -0.3 is 14.6 Å². The number of aryl methyl sites for hydroxylation is 1. The van der Waals surface area contributed by atoms with Crippen LogP contribution in [0.2, 0.25) is 0 Å². The summed E-state index contributed by atoms with van der Waals surface area (Å²) in [6, 6.07) is 19.7. The van der Waals surface area contributed by atoms with Gasteiger partial charge in [0.15, 0.2) is 0 Å². The molecule has 0 unspecified atom stereocenters. The normalized spacial score (nSPS) is 17.8. The summed E-state index contributed by atoms with van der Waals surface area (Å²) >= 11 is 0. The summed E-state index contributed by atoms with van der Waals surface area (Å²) in [5.74, 6) is 1.43. The van der Waals surface area contributed by atoms with Crippen LogP contribution in [0.3, 0.4) is 0 Å². The second-order valence-corrected chi connectivity index (χ2v) is 8.90. The van der Waals surface area contributed by atoms with Gasteiger partial charge in [-0.3, -0.25) is 4.90 Å². The topological polar surface area (TPSA) is 59.8 Å². The molecule has 1 saturated heterocycles. The summed E-state index contributed by atoms with van der Waals surface area (Å²) < 4.78 is 14.2. The average molecular weight is 448 g/mol. The molecule has 0 radical (unpaired) electrons. The van der Waals surface area contributed by atoms with Gasteiger partial charge in [-0.15, -0.1) is 6.58 Å². The van der Waals surface area contributed by atoms with E-state index in [0.29, 0.717) is 19.0 Å². The van der Waals surface area contributed by atoms with E-state index in [9.17, 15) is 5.11 Å². The van der Waals surface area contributed by atoms with Crippen molar-refractivity contribution in [1.82, 2.24) is 14.7 Å². The Morgan fingerprint density at radius 2 is 1.91 bits per heavy atom. The fourth-order valence-corrected chi connectivity index (χ4v) is 4.17. The highest BCUT2D eigenvalue weighted by molar-refractivity contribution is 5.43. The Kier molecular flexibility index (Phi) is 7.28. The minimum atomic E-state index is -1.01. The number of aromatic nitrogens is 2. The van der Waals surface area contributed by atoms with Gasteiger partial charge in [0.25, 0.3) is 0 Å². The zero-order valence-corrected chi connectivity index (χ0v) is 19.5. The number of benzene rings is 2. The third-order valence-electron chi connectivity index (χ3n) is 5.95. The van der Waals surface area contributed by atoms with E-state index in [1.165, 1.54) is 0 Å². The summed E-state index contributed by atoms with van der Waals surface area (Å²) in [5, 5.41) is 15.6. The van der Waals surface area contributed by atoms with Gasteiger partial charge in [-0.05, 0) is 51.0 Å². The molecule has 3 aromatic rings. The molecule has 0 bridgehead atoms. The predicted molar refractivity (Wildman–Crippen MR) is 130 cm³/mol. The predicted octanol–water partition coefficient (Wildman–Crippen LogP) is 4.89. The quantitative estimate of drug-likeness (QED) is 0.449. The Morgan fingerprint density at radius 3 is 2.55 bits per heavy atom. The Hall–Kier alpha value is -2.93. The number of hydrogen-bond donors (Lipinski definition) is 1. The van der Waals surface area contributed by atoms with E-state index in [1.54, 1.807) is 13.0 Å². The number of aliphatic hydroxyl groups is 1. The van der Waals surface area contributed by atoms with Crippen molar-refractivity contribution >= 4 is 0 Å². The Bertz CT molecular complexity index is 1040. The van der Waals surface area contributed by atoms with Gasteiger partial charge in [-0.2, -0.15) is 5.10 Å². The second-order valence-electron chi connectivity index (χ2n) is 8.90. The molecule has 1 aliphatic heterocycles. The maximum atomic E-state index is 10.7. The van der Waals surface area contributed by atoms with Gasteiger partial charge in [-0.1, -0.05) is 42.5 Å². The monoisotopic (exact) mass is 447 g/mol. The fourth-order valence-electron chi connectivity index (χ4n) is 4.17. The van der Waals surface area contributed by atoms with Crippen molar-refractivity contribution in [3.8, 4) is 17.3 Å². The third-order valence-corrected chi connectivity index (χ3v) is 5.95. The van der Waals surface area contributed by atoms with Crippen molar-refractivity contribution < 1.29 is 14.6 Å². The molecule has 1 N–H and O–H groups in total. The van der Waals surface area contributed by atoms with E-state index in [2.05, 4.69) is 11.5 Å². The highest BCUT2D eigenvalue weighted by Gasteiger charge is 2.28. The molecule has 0 saturated carbocycles. The van der Waals surface area contributed by atoms with Gasteiger partial charge in [0, 0.05) is 26.2 Å². The molecule has 4 rings (SSSR count). The van der Waals surface area contributed by atoms with Crippen molar-refractivity contribution in [1.29, 1.82) is 0 Å². The Morgan fingerprint density at radius 1 is 1.21 bits per heavy atom. The van der Waals surface area contributed by atoms with Crippen molar-refractivity contribution in [3.05, 3.63) is 84.6 Å². The van der Waals surface area contributed by atoms with Crippen LogP contribution in [0.1, 0.15) is 31.0 Å². The minimum Gasteiger partial charge on any atom is -0.439 e. The van der Waals surface area contributed by atoms with E-state index < -0.39 is 5.60 Å². The smallest absolute Gasteiger partial charge is 0.227 e. The van der Waals surface area contributed by atoms with Crippen LogP contribution in [0, 0.1) is 6.92 Å². The number of hydrogen-bond acceptors (Lipinski definition) is 5. The van der Waals surface area contributed by atoms with Crippen LogP contribution >= 0.6 is 0 Å². The lowest BCUT2D eigenvalue weighted by Gasteiger charge is -2.31. The van der Waals surface area contributed by atoms with Gasteiger partial charge >= 0.3 is 0 Å². The first-order chi connectivity index (χ1) is 15.9.